The third-order valence-electron chi connectivity index (χ3n) is 2.95. The Morgan fingerprint density at radius 2 is 2.08 bits per heavy atom. The number of allylic oxidation sites excluding steroid dienone is 1. The highest BCUT2D eigenvalue weighted by molar-refractivity contribution is 5.82. The minimum atomic E-state index is -0.159. The predicted molar refractivity (Wildman–Crippen MR) is 53.1 cm³/mol. The van der Waals surface area contributed by atoms with E-state index in [2.05, 4.69) is 20.4 Å². The molecule has 0 spiro atoms. The minimum absolute atomic E-state index is 0.159. The molecule has 0 saturated heterocycles. The van der Waals surface area contributed by atoms with Gasteiger partial charge in [0, 0.05) is 5.41 Å². The summed E-state index contributed by atoms with van der Waals surface area (Å²) < 4.78 is 0. The Balaban J connectivity index is 4.39. The Morgan fingerprint density at radius 3 is 2.33 bits per heavy atom. The molecule has 0 saturated carbocycles. The largest absolute Gasteiger partial charge is 0.299 e. The zero-order valence-corrected chi connectivity index (χ0v) is 8.68. The summed E-state index contributed by atoms with van der Waals surface area (Å²) in [5, 5.41) is 0. The van der Waals surface area contributed by atoms with Crippen LogP contribution in [-0.2, 0) is 4.79 Å². The smallest absolute Gasteiger partial charge is 0.135 e. The lowest BCUT2D eigenvalue weighted by atomic mass is 9.73. The number of carbonyl (C=O) groups is 1. The second kappa shape index (κ2) is 4.44. The molecule has 0 heterocycles. The number of rotatable bonds is 5. The molecule has 0 rings (SSSR count). The van der Waals surface area contributed by atoms with Crippen LogP contribution in [0.4, 0.5) is 0 Å². The minimum Gasteiger partial charge on any atom is -0.299 e. The SMILES string of the molecule is C=CCCC(C)(C(C)=O)C(C)C. The molecule has 0 aliphatic rings. The average Bonchev–Trinajstić information content (AvgIpc) is 1.99. The molecule has 0 aromatic rings. The lowest BCUT2D eigenvalue weighted by Gasteiger charge is -2.30. The van der Waals surface area contributed by atoms with E-state index in [1.54, 1.807) is 6.92 Å². The fourth-order valence-corrected chi connectivity index (χ4v) is 1.27. The first-order chi connectivity index (χ1) is 5.45. The average molecular weight is 168 g/mol. The van der Waals surface area contributed by atoms with Crippen molar-refractivity contribution < 1.29 is 4.79 Å². The highest BCUT2D eigenvalue weighted by atomic mass is 16.1. The van der Waals surface area contributed by atoms with Crippen LogP contribution in [0.2, 0.25) is 0 Å². The van der Waals surface area contributed by atoms with Crippen molar-refractivity contribution in [2.75, 3.05) is 0 Å². The van der Waals surface area contributed by atoms with Crippen LogP contribution >= 0.6 is 0 Å². The first-order valence-corrected chi connectivity index (χ1v) is 4.57. The van der Waals surface area contributed by atoms with Crippen molar-refractivity contribution >= 4 is 5.78 Å². The van der Waals surface area contributed by atoms with Crippen molar-refractivity contribution in [3.8, 4) is 0 Å². The van der Waals surface area contributed by atoms with Crippen molar-refractivity contribution in [3.05, 3.63) is 12.7 Å². The first-order valence-electron chi connectivity index (χ1n) is 4.57. The maximum atomic E-state index is 11.4. The normalized spacial score (nSPS) is 15.8. The van der Waals surface area contributed by atoms with Crippen LogP contribution in [0.3, 0.4) is 0 Å². The molecule has 1 heteroatoms. The van der Waals surface area contributed by atoms with Gasteiger partial charge in [-0.15, -0.1) is 6.58 Å². The molecule has 12 heavy (non-hydrogen) atoms. The van der Waals surface area contributed by atoms with Gasteiger partial charge in [0.2, 0.25) is 0 Å². The van der Waals surface area contributed by atoms with Gasteiger partial charge in [-0.25, -0.2) is 0 Å². The van der Waals surface area contributed by atoms with Crippen LogP contribution in [0.25, 0.3) is 0 Å². The molecule has 70 valence electrons. The molecular weight excluding hydrogens is 148 g/mol. The van der Waals surface area contributed by atoms with Crippen LogP contribution < -0.4 is 0 Å². The Labute approximate surface area is 75.9 Å². The molecule has 0 bridgehead atoms. The third-order valence-corrected chi connectivity index (χ3v) is 2.95. The van der Waals surface area contributed by atoms with Crippen LogP contribution in [0.5, 0.6) is 0 Å². The van der Waals surface area contributed by atoms with Gasteiger partial charge in [-0.2, -0.15) is 0 Å². The summed E-state index contributed by atoms with van der Waals surface area (Å²) >= 11 is 0. The van der Waals surface area contributed by atoms with E-state index in [9.17, 15) is 4.79 Å². The van der Waals surface area contributed by atoms with Crippen LogP contribution in [0.15, 0.2) is 12.7 Å². The van der Waals surface area contributed by atoms with E-state index in [4.69, 9.17) is 0 Å². The Kier molecular flexibility index (Phi) is 4.22. The summed E-state index contributed by atoms with van der Waals surface area (Å²) in [4.78, 5) is 11.4. The van der Waals surface area contributed by atoms with Gasteiger partial charge in [0.1, 0.15) is 5.78 Å². The summed E-state index contributed by atoms with van der Waals surface area (Å²) in [5.74, 6) is 0.703. The predicted octanol–water partition coefficient (Wildman–Crippen LogP) is 3.20. The van der Waals surface area contributed by atoms with Crippen molar-refractivity contribution in [2.24, 2.45) is 11.3 Å². The van der Waals surface area contributed by atoms with E-state index < -0.39 is 0 Å². The zero-order chi connectivity index (χ0) is 9.78. The number of Topliss-reactive ketones (excluding diaryl/α,β-unsaturated/α-hetero) is 1. The van der Waals surface area contributed by atoms with Crippen molar-refractivity contribution in [1.29, 1.82) is 0 Å². The van der Waals surface area contributed by atoms with Gasteiger partial charge in [-0.3, -0.25) is 4.79 Å². The summed E-state index contributed by atoms with van der Waals surface area (Å²) in [6, 6.07) is 0. The van der Waals surface area contributed by atoms with Gasteiger partial charge in [-0.1, -0.05) is 26.8 Å². The second-order valence-electron chi connectivity index (χ2n) is 3.96. The monoisotopic (exact) mass is 168 g/mol. The molecule has 1 unspecified atom stereocenters. The topological polar surface area (TPSA) is 17.1 Å². The lowest BCUT2D eigenvalue weighted by Crippen LogP contribution is -2.31. The van der Waals surface area contributed by atoms with E-state index in [0.717, 1.165) is 12.8 Å². The molecule has 0 fully saturated rings. The maximum absolute atomic E-state index is 11.4. The van der Waals surface area contributed by atoms with Crippen LogP contribution in [0.1, 0.15) is 40.5 Å². The highest BCUT2D eigenvalue weighted by Crippen LogP contribution is 2.33. The molecule has 0 aliphatic heterocycles. The number of carbonyl (C=O) groups excluding carboxylic acids is 1. The Morgan fingerprint density at radius 1 is 1.58 bits per heavy atom. The molecule has 0 N–H and O–H groups in total. The quantitative estimate of drug-likeness (QED) is 0.576. The van der Waals surface area contributed by atoms with E-state index >= 15 is 0 Å². The molecule has 1 atom stereocenters. The van der Waals surface area contributed by atoms with Crippen LogP contribution in [0, 0.1) is 11.3 Å². The van der Waals surface area contributed by atoms with E-state index in [0.29, 0.717) is 11.7 Å². The zero-order valence-electron chi connectivity index (χ0n) is 8.68. The van der Waals surface area contributed by atoms with Gasteiger partial charge in [-0.05, 0) is 25.7 Å². The lowest BCUT2D eigenvalue weighted by molar-refractivity contribution is -0.128. The highest BCUT2D eigenvalue weighted by Gasteiger charge is 2.32. The standard InChI is InChI=1S/C11H20O/c1-6-7-8-11(5,9(2)3)10(4)12/h6,9H,1,7-8H2,2-5H3. The third kappa shape index (κ3) is 2.47. The summed E-state index contributed by atoms with van der Waals surface area (Å²) in [6.45, 7) is 11.6. The van der Waals surface area contributed by atoms with Crippen molar-refractivity contribution in [3.63, 3.8) is 0 Å². The summed E-state index contributed by atoms with van der Waals surface area (Å²) in [7, 11) is 0. The van der Waals surface area contributed by atoms with Crippen molar-refractivity contribution in [1.82, 2.24) is 0 Å². The van der Waals surface area contributed by atoms with Gasteiger partial charge < -0.3 is 0 Å². The second-order valence-corrected chi connectivity index (χ2v) is 3.96. The van der Waals surface area contributed by atoms with Gasteiger partial charge in [0.15, 0.2) is 0 Å². The summed E-state index contributed by atoms with van der Waals surface area (Å²) in [5.41, 5.74) is -0.159. The van der Waals surface area contributed by atoms with E-state index in [1.807, 2.05) is 13.0 Å². The van der Waals surface area contributed by atoms with Gasteiger partial charge >= 0.3 is 0 Å². The van der Waals surface area contributed by atoms with Crippen LogP contribution in [-0.4, -0.2) is 5.78 Å². The molecule has 0 aromatic carbocycles. The number of hydrogen-bond donors (Lipinski definition) is 0. The maximum Gasteiger partial charge on any atom is 0.135 e. The number of ketones is 1. The Hall–Kier alpha value is -0.590. The Bertz CT molecular complexity index is 170. The molecule has 0 amide bonds. The number of hydrogen-bond acceptors (Lipinski definition) is 1. The van der Waals surface area contributed by atoms with Gasteiger partial charge in [0.25, 0.3) is 0 Å². The van der Waals surface area contributed by atoms with Crippen molar-refractivity contribution in [2.45, 2.75) is 40.5 Å². The molecular formula is C11H20O. The summed E-state index contributed by atoms with van der Waals surface area (Å²) in [6.07, 6.45) is 3.72. The fourth-order valence-electron chi connectivity index (χ4n) is 1.27. The van der Waals surface area contributed by atoms with E-state index in [1.165, 1.54) is 0 Å². The van der Waals surface area contributed by atoms with Gasteiger partial charge in [0.05, 0.1) is 0 Å². The van der Waals surface area contributed by atoms with E-state index in [-0.39, 0.29) is 5.41 Å². The first kappa shape index (κ1) is 11.4. The molecule has 1 nitrogen and oxygen atoms in total. The molecule has 0 aliphatic carbocycles. The fraction of sp³-hybridized carbons (Fsp3) is 0.727. The molecule has 0 aromatic heterocycles. The molecule has 0 radical (unpaired) electrons.